The average Bonchev–Trinajstić information content (AvgIpc) is 2.69. The topological polar surface area (TPSA) is 26.3 Å². The monoisotopic (exact) mass is 248 g/mol. The summed E-state index contributed by atoms with van der Waals surface area (Å²) in [7, 11) is 0. The normalized spacial score (nSPS) is 20.7. The number of rotatable bonds is 4. The third-order valence-corrected chi connectivity index (χ3v) is 4.44. The predicted octanol–water partition coefficient (Wildman–Crippen LogP) is 1.25. The Morgan fingerprint density at radius 2 is 2.50 bits per heavy atom. The van der Waals surface area contributed by atoms with Crippen LogP contribution in [0.15, 0.2) is 0 Å². The maximum atomic E-state index is 10.9. The summed E-state index contributed by atoms with van der Waals surface area (Å²) in [5.41, 5.74) is 0. The van der Waals surface area contributed by atoms with Gasteiger partial charge in [-0.2, -0.15) is 0 Å². The van der Waals surface area contributed by atoms with E-state index >= 15 is 0 Å². The van der Waals surface area contributed by atoms with Crippen molar-refractivity contribution in [3.05, 3.63) is 0 Å². The number of ether oxygens (including phenoxy) is 1. The van der Waals surface area contributed by atoms with Crippen LogP contribution < -0.4 is 0 Å². The summed E-state index contributed by atoms with van der Waals surface area (Å²) < 4.78 is 6.66. The first-order valence-corrected chi connectivity index (χ1v) is 7.41. The molecule has 1 heterocycles. The van der Waals surface area contributed by atoms with E-state index in [4.69, 9.17) is 4.74 Å². The van der Waals surface area contributed by atoms with Gasteiger partial charge in [0, 0.05) is 0 Å². The van der Waals surface area contributed by atoms with Gasteiger partial charge in [-0.3, -0.25) is 0 Å². The molecule has 0 aromatic rings. The molecular formula is C7H12O2Sn+2. The molecule has 2 nitrogen and oxygen atoms in total. The Labute approximate surface area is 71.5 Å². The Morgan fingerprint density at radius 3 is 3.00 bits per heavy atom. The maximum absolute atomic E-state index is 10.9. The standard InChI is InChI=1S/C7H12O2.Sn/c1-3-5-6-9-7(8)4-2;/h4H,2-3,5-6H2,1H3;/q;+2. The SMILES string of the molecule is CCCCOC(=O)[CH]1[CH2][Sn+2]1. The van der Waals surface area contributed by atoms with Crippen LogP contribution in [0.4, 0.5) is 0 Å². The van der Waals surface area contributed by atoms with Crippen LogP contribution in [0.2, 0.25) is 8.37 Å². The van der Waals surface area contributed by atoms with Crippen molar-refractivity contribution in [1.29, 1.82) is 0 Å². The molecule has 3 heteroatoms. The van der Waals surface area contributed by atoms with E-state index < -0.39 is 0 Å². The van der Waals surface area contributed by atoms with Crippen molar-refractivity contribution in [1.82, 2.24) is 0 Å². The Kier molecular flexibility index (Phi) is 3.52. The molecule has 1 aliphatic heterocycles. The van der Waals surface area contributed by atoms with Gasteiger partial charge < -0.3 is 0 Å². The molecule has 0 aromatic heterocycles. The van der Waals surface area contributed by atoms with Crippen LogP contribution in [-0.4, -0.2) is 33.7 Å². The first kappa shape index (κ1) is 8.37. The second-order valence-corrected chi connectivity index (χ2v) is 6.80. The fraction of sp³-hybridized carbons (Fsp3) is 0.857. The van der Waals surface area contributed by atoms with Crippen LogP contribution in [0.1, 0.15) is 19.8 Å². The van der Waals surface area contributed by atoms with Gasteiger partial charge in [0.25, 0.3) is 0 Å². The number of unbranched alkanes of at least 4 members (excludes halogenated alkanes) is 1. The van der Waals surface area contributed by atoms with E-state index in [0.29, 0.717) is 10.5 Å². The zero-order valence-electron chi connectivity index (χ0n) is 6.22. The van der Waals surface area contributed by atoms with Gasteiger partial charge in [0.2, 0.25) is 0 Å². The van der Waals surface area contributed by atoms with Crippen molar-refractivity contribution in [3.8, 4) is 0 Å². The van der Waals surface area contributed by atoms with Crippen LogP contribution >= 0.6 is 0 Å². The molecule has 1 rings (SSSR count). The molecule has 1 atom stereocenters. The quantitative estimate of drug-likeness (QED) is 0.424. The molecule has 1 aliphatic rings. The fourth-order valence-electron chi connectivity index (χ4n) is 0.643. The summed E-state index contributed by atoms with van der Waals surface area (Å²) in [5, 5.41) is 0. The molecule has 0 saturated carbocycles. The Hall–Kier alpha value is 0.269. The molecule has 0 spiro atoms. The number of hydrogen-bond donors (Lipinski definition) is 0. The number of carbonyl (C=O) groups is 1. The minimum absolute atomic E-state index is 0.0973. The van der Waals surface area contributed by atoms with E-state index in [1.165, 1.54) is 4.44 Å². The third kappa shape index (κ3) is 2.90. The summed E-state index contributed by atoms with van der Waals surface area (Å²) >= 11 is -0.205. The van der Waals surface area contributed by atoms with Gasteiger partial charge in [-0.15, -0.1) is 0 Å². The minimum atomic E-state index is -0.205. The van der Waals surface area contributed by atoms with E-state index in [-0.39, 0.29) is 27.1 Å². The molecule has 1 saturated heterocycles. The van der Waals surface area contributed by atoms with Crippen molar-refractivity contribution in [2.24, 2.45) is 0 Å². The summed E-state index contributed by atoms with van der Waals surface area (Å²) in [5.74, 6) is 0.0973. The van der Waals surface area contributed by atoms with E-state index in [0.717, 1.165) is 12.8 Å². The molecule has 0 bridgehead atoms. The van der Waals surface area contributed by atoms with Gasteiger partial charge in [0.1, 0.15) is 0 Å². The van der Waals surface area contributed by atoms with Crippen molar-refractivity contribution in [3.63, 3.8) is 0 Å². The van der Waals surface area contributed by atoms with E-state index in [1.54, 1.807) is 0 Å². The van der Waals surface area contributed by atoms with Crippen LogP contribution in [0.3, 0.4) is 0 Å². The van der Waals surface area contributed by atoms with Gasteiger partial charge >= 0.3 is 71.4 Å². The Morgan fingerprint density at radius 1 is 1.80 bits per heavy atom. The summed E-state index contributed by atoms with van der Waals surface area (Å²) in [6.45, 7) is 2.74. The molecule has 0 radical (unpaired) electrons. The van der Waals surface area contributed by atoms with Crippen molar-refractivity contribution >= 4 is 27.1 Å². The van der Waals surface area contributed by atoms with Crippen LogP contribution in [0.5, 0.6) is 0 Å². The predicted molar refractivity (Wildman–Crippen MR) is 40.2 cm³/mol. The molecule has 0 amide bonds. The van der Waals surface area contributed by atoms with Gasteiger partial charge in [-0.05, 0) is 0 Å². The number of hydrogen-bond acceptors (Lipinski definition) is 2. The zero-order chi connectivity index (χ0) is 7.40. The molecule has 0 N–H and O–H groups in total. The third-order valence-electron chi connectivity index (χ3n) is 1.43. The fourth-order valence-corrected chi connectivity index (χ4v) is 2.17. The zero-order valence-corrected chi connectivity index (χ0v) is 9.08. The van der Waals surface area contributed by atoms with Crippen molar-refractivity contribution < 1.29 is 9.53 Å². The first-order chi connectivity index (χ1) is 4.84. The Balaban J connectivity index is 1.95. The van der Waals surface area contributed by atoms with E-state index in [9.17, 15) is 4.79 Å². The van der Waals surface area contributed by atoms with Crippen molar-refractivity contribution in [2.75, 3.05) is 6.61 Å². The van der Waals surface area contributed by atoms with Crippen LogP contribution in [0.25, 0.3) is 0 Å². The van der Waals surface area contributed by atoms with Crippen LogP contribution in [0, 0.1) is 0 Å². The van der Waals surface area contributed by atoms with Gasteiger partial charge in [0.15, 0.2) is 0 Å². The molecule has 54 valence electrons. The molecule has 0 aliphatic carbocycles. The molecular weight excluding hydrogens is 235 g/mol. The molecule has 1 fully saturated rings. The second-order valence-electron chi connectivity index (χ2n) is 2.48. The first-order valence-electron chi connectivity index (χ1n) is 3.74. The molecule has 10 heavy (non-hydrogen) atoms. The molecule has 1 unspecified atom stereocenters. The summed E-state index contributed by atoms with van der Waals surface area (Å²) in [4.78, 5) is 10.9. The van der Waals surface area contributed by atoms with Gasteiger partial charge in [-0.1, -0.05) is 0 Å². The van der Waals surface area contributed by atoms with Gasteiger partial charge in [-0.25, -0.2) is 0 Å². The average molecular weight is 247 g/mol. The summed E-state index contributed by atoms with van der Waals surface area (Å²) in [6.07, 6.45) is 2.13. The Bertz CT molecular complexity index is 121. The van der Waals surface area contributed by atoms with E-state index in [1.807, 2.05) is 0 Å². The van der Waals surface area contributed by atoms with Crippen LogP contribution in [-0.2, 0) is 9.53 Å². The van der Waals surface area contributed by atoms with Crippen molar-refractivity contribution in [2.45, 2.75) is 28.1 Å². The second kappa shape index (κ2) is 4.21. The number of esters is 1. The van der Waals surface area contributed by atoms with Gasteiger partial charge in [0.05, 0.1) is 0 Å². The summed E-state index contributed by atoms with van der Waals surface area (Å²) in [6, 6.07) is 0. The number of carbonyl (C=O) groups excluding carboxylic acids is 1. The van der Waals surface area contributed by atoms with E-state index in [2.05, 4.69) is 6.92 Å². The molecule has 0 aromatic carbocycles.